The summed E-state index contributed by atoms with van der Waals surface area (Å²) in [5.41, 5.74) is 0.780. The van der Waals surface area contributed by atoms with Gasteiger partial charge in [0.25, 0.3) is 0 Å². The first-order chi connectivity index (χ1) is 11.6. The monoisotopic (exact) mass is 361 g/mol. The van der Waals surface area contributed by atoms with Crippen molar-refractivity contribution < 1.29 is 13.2 Å². The molecular weight excluding hydrogens is 346 g/mol. The van der Waals surface area contributed by atoms with Crippen molar-refractivity contribution in [2.75, 3.05) is 13.2 Å². The molecule has 0 radical (unpaired) electrons. The Labute approximate surface area is 144 Å². The number of benzene rings is 1. The first-order valence-corrected chi connectivity index (χ1v) is 9.56. The van der Waals surface area contributed by atoms with Crippen LogP contribution >= 0.6 is 11.3 Å². The van der Waals surface area contributed by atoms with Crippen molar-refractivity contribution in [2.24, 2.45) is 0 Å². The van der Waals surface area contributed by atoms with E-state index in [0.29, 0.717) is 5.88 Å². The third-order valence-corrected chi connectivity index (χ3v) is 5.48. The van der Waals surface area contributed by atoms with E-state index in [-0.39, 0.29) is 18.0 Å². The molecule has 3 aromatic rings. The molecule has 1 aromatic carbocycles. The predicted molar refractivity (Wildman–Crippen MR) is 92.5 cm³/mol. The minimum Gasteiger partial charge on any atom is -0.475 e. The summed E-state index contributed by atoms with van der Waals surface area (Å²) in [5, 5.41) is 10.0. The van der Waals surface area contributed by atoms with E-state index in [2.05, 4.69) is 14.9 Å². The molecule has 0 amide bonds. The molecule has 0 unspecified atom stereocenters. The van der Waals surface area contributed by atoms with Crippen LogP contribution in [0.15, 0.2) is 64.9 Å². The second kappa shape index (κ2) is 7.52. The Balaban J connectivity index is 1.50. The van der Waals surface area contributed by atoms with Gasteiger partial charge in [0, 0.05) is 12.6 Å². The summed E-state index contributed by atoms with van der Waals surface area (Å²) in [6, 6.07) is 15.6. The Morgan fingerprint density at radius 3 is 2.50 bits per heavy atom. The first kappa shape index (κ1) is 16.6. The summed E-state index contributed by atoms with van der Waals surface area (Å²) < 4.78 is 31.9. The summed E-state index contributed by atoms with van der Waals surface area (Å²) in [7, 11) is -3.52. The predicted octanol–water partition coefficient (Wildman–Crippen LogP) is 2.56. The molecule has 8 heteroatoms. The molecule has 2 heterocycles. The fourth-order valence-corrected chi connectivity index (χ4v) is 3.69. The highest BCUT2D eigenvalue weighted by Crippen LogP contribution is 2.22. The highest BCUT2D eigenvalue weighted by Gasteiger charge is 2.12. The van der Waals surface area contributed by atoms with Crippen molar-refractivity contribution in [2.45, 2.75) is 4.90 Å². The Bertz CT molecular complexity index is 865. The first-order valence-electron chi connectivity index (χ1n) is 7.20. The average molecular weight is 361 g/mol. The lowest BCUT2D eigenvalue weighted by molar-refractivity contribution is 0.307. The van der Waals surface area contributed by atoms with Crippen molar-refractivity contribution in [3.8, 4) is 16.5 Å². The van der Waals surface area contributed by atoms with Crippen LogP contribution in [0.3, 0.4) is 0 Å². The topological polar surface area (TPSA) is 81.2 Å². The van der Waals surface area contributed by atoms with E-state index in [4.69, 9.17) is 4.74 Å². The lowest BCUT2D eigenvalue weighted by Gasteiger charge is -2.08. The average Bonchev–Trinajstić information content (AvgIpc) is 3.15. The molecular formula is C16H15N3O3S2. The summed E-state index contributed by atoms with van der Waals surface area (Å²) in [6.45, 7) is 0.310. The molecule has 0 aliphatic heterocycles. The molecule has 0 aliphatic carbocycles. The number of hydrogen-bond donors (Lipinski definition) is 1. The normalized spacial score (nSPS) is 11.3. The second-order valence-electron chi connectivity index (χ2n) is 4.79. The van der Waals surface area contributed by atoms with E-state index < -0.39 is 10.0 Å². The number of nitrogens with zero attached hydrogens (tertiary/aromatic N) is 2. The largest absolute Gasteiger partial charge is 0.475 e. The zero-order valence-corrected chi connectivity index (χ0v) is 14.3. The van der Waals surface area contributed by atoms with Crippen LogP contribution in [-0.2, 0) is 10.0 Å². The van der Waals surface area contributed by atoms with Crippen molar-refractivity contribution in [3.63, 3.8) is 0 Å². The van der Waals surface area contributed by atoms with Crippen molar-refractivity contribution in [1.29, 1.82) is 0 Å². The molecule has 0 aliphatic rings. The van der Waals surface area contributed by atoms with Gasteiger partial charge in [0.15, 0.2) is 0 Å². The van der Waals surface area contributed by atoms with Crippen molar-refractivity contribution in [3.05, 3.63) is 60.0 Å². The minimum atomic E-state index is -3.52. The SMILES string of the molecule is O=S(=O)(NCCOc1ccc(-c2cccs2)nn1)c1ccccc1. The van der Waals surface area contributed by atoms with Gasteiger partial charge >= 0.3 is 0 Å². The lowest BCUT2D eigenvalue weighted by Crippen LogP contribution is -2.28. The molecule has 3 rings (SSSR count). The van der Waals surface area contributed by atoms with E-state index >= 15 is 0 Å². The molecule has 124 valence electrons. The number of aromatic nitrogens is 2. The Kier molecular flexibility index (Phi) is 5.19. The molecule has 0 atom stereocenters. The van der Waals surface area contributed by atoms with Crippen LogP contribution in [0.1, 0.15) is 0 Å². The maximum atomic E-state index is 12.0. The maximum absolute atomic E-state index is 12.0. The highest BCUT2D eigenvalue weighted by atomic mass is 32.2. The third-order valence-electron chi connectivity index (χ3n) is 3.11. The molecule has 0 spiro atoms. The van der Waals surface area contributed by atoms with E-state index in [9.17, 15) is 8.42 Å². The quantitative estimate of drug-likeness (QED) is 0.654. The zero-order valence-electron chi connectivity index (χ0n) is 12.6. The van der Waals surface area contributed by atoms with Crippen LogP contribution in [-0.4, -0.2) is 31.8 Å². The Morgan fingerprint density at radius 1 is 1.00 bits per heavy atom. The number of sulfonamides is 1. The molecule has 0 saturated carbocycles. The van der Waals surface area contributed by atoms with E-state index in [1.165, 1.54) is 12.1 Å². The summed E-state index contributed by atoms with van der Waals surface area (Å²) in [4.78, 5) is 1.26. The number of rotatable bonds is 7. The standard InChI is InChI=1S/C16H15N3O3S2/c20-24(21,13-5-2-1-3-6-13)17-10-11-22-16-9-8-14(18-19-16)15-7-4-12-23-15/h1-9,12,17H,10-11H2. The highest BCUT2D eigenvalue weighted by molar-refractivity contribution is 7.89. The fourth-order valence-electron chi connectivity index (χ4n) is 1.97. The minimum absolute atomic E-state index is 0.144. The number of nitrogens with one attached hydrogen (secondary N) is 1. The van der Waals surface area contributed by atoms with Crippen molar-refractivity contribution in [1.82, 2.24) is 14.9 Å². The number of ether oxygens (including phenoxy) is 1. The zero-order chi connectivity index (χ0) is 16.8. The van der Waals surface area contributed by atoms with Gasteiger partial charge in [-0.2, -0.15) is 0 Å². The number of hydrogen-bond acceptors (Lipinski definition) is 6. The van der Waals surface area contributed by atoms with Crippen LogP contribution in [0.2, 0.25) is 0 Å². The van der Waals surface area contributed by atoms with Gasteiger partial charge in [0.2, 0.25) is 15.9 Å². The smallest absolute Gasteiger partial charge is 0.240 e. The maximum Gasteiger partial charge on any atom is 0.240 e. The summed E-state index contributed by atoms with van der Waals surface area (Å²) in [6.07, 6.45) is 0. The molecule has 0 bridgehead atoms. The van der Waals surface area contributed by atoms with Gasteiger partial charge in [0.05, 0.1) is 9.77 Å². The van der Waals surface area contributed by atoms with Crippen LogP contribution < -0.4 is 9.46 Å². The summed E-state index contributed by atoms with van der Waals surface area (Å²) >= 11 is 1.58. The summed E-state index contributed by atoms with van der Waals surface area (Å²) in [5.74, 6) is 0.356. The Morgan fingerprint density at radius 2 is 1.83 bits per heavy atom. The molecule has 6 nitrogen and oxygen atoms in total. The molecule has 2 aromatic heterocycles. The van der Waals surface area contributed by atoms with E-state index in [1.54, 1.807) is 35.6 Å². The van der Waals surface area contributed by atoms with Crippen LogP contribution in [0.25, 0.3) is 10.6 Å². The van der Waals surface area contributed by atoms with Gasteiger partial charge < -0.3 is 4.74 Å². The lowest BCUT2D eigenvalue weighted by atomic mass is 10.3. The number of thiophene rings is 1. The van der Waals surface area contributed by atoms with Gasteiger partial charge in [-0.25, -0.2) is 13.1 Å². The molecule has 0 saturated heterocycles. The molecule has 1 N–H and O–H groups in total. The molecule has 0 fully saturated rings. The van der Waals surface area contributed by atoms with Gasteiger partial charge in [0.1, 0.15) is 12.3 Å². The van der Waals surface area contributed by atoms with Crippen molar-refractivity contribution >= 4 is 21.4 Å². The van der Waals surface area contributed by atoms with Gasteiger partial charge in [-0.3, -0.25) is 0 Å². The van der Waals surface area contributed by atoms with Gasteiger partial charge in [-0.15, -0.1) is 21.5 Å². The third kappa shape index (κ3) is 4.16. The fraction of sp³-hybridized carbons (Fsp3) is 0.125. The van der Waals surface area contributed by atoms with Crippen LogP contribution in [0.5, 0.6) is 5.88 Å². The van der Waals surface area contributed by atoms with Crippen LogP contribution in [0.4, 0.5) is 0 Å². The molecule has 24 heavy (non-hydrogen) atoms. The van der Waals surface area contributed by atoms with Gasteiger partial charge in [-0.1, -0.05) is 24.3 Å². The van der Waals surface area contributed by atoms with E-state index in [0.717, 1.165) is 10.6 Å². The van der Waals surface area contributed by atoms with E-state index in [1.807, 2.05) is 23.6 Å². The second-order valence-corrected chi connectivity index (χ2v) is 7.51. The Hall–Kier alpha value is -2.29. The van der Waals surface area contributed by atoms with Crippen LogP contribution in [0, 0.1) is 0 Å². The van der Waals surface area contributed by atoms with Gasteiger partial charge in [-0.05, 0) is 29.6 Å².